The molecule has 1 saturated carbocycles. The lowest BCUT2D eigenvalue weighted by atomic mass is 9.94. The maximum absolute atomic E-state index is 13.5. The quantitative estimate of drug-likeness (QED) is 0.289. The SMILES string of the molecule is Cc1ccccc1C(NS(=O)(=O)C1CC1)c1cc2cccc(-c3cc([C@@](C)(O)C(F)(F)F)ccn3)c2s1. The zero-order chi connectivity index (χ0) is 26.6. The van der Waals surface area contributed by atoms with Crippen molar-refractivity contribution >= 4 is 31.4 Å². The molecule has 2 atom stereocenters. The highest BCUT2D eigenvalue weighted by Gasteiger charge is 2.51. The molecule has 1 unspecified atom stereocenters. The van der Waals surface area contributed by atoms with Crippen LogP contribution in [0.15, 0.2) is 66.9 Å². The lowest BCUT2D eigenvalue weighted by Crippen LogP contribution is -2.39. The second-order valence-corrected chi connectivity index (χ2v) is 12.6. The van der Waals surface area contributed by atoms with Gasteiger partial charge in [-0.1, -0.05) is 42.5 Å². The largest absolute Gasteiger partial charge is 0.421 e. The fraction of sp³-hybridized carbons (Fsp3) is 0.296. The van der Waals surface area contributed by atoms with E-state index in [0.717, 1.165) is 32.2 Å². The van der Waals surface area contributed by atoms with E-state index in [-0.39, 0.29) is 11.3 Å². The van der Waals surface area contributed by atoms with Gasteiger partial charge in [0.05, 0.1) is 17.0 Å². The van der Waals surface area contributed by atoms with Crippen LogP contribution in [0.4, 0.5) is 13.2 Å². The fourth-order valence-electron chi connectivity index (χ4n) is 4.30. The number of rotatable bonds is 7. The van der Waals surface area contributed by atoms with Gasteiger partial charge in [0.15, 0.2) is 5.60 Å². The number of nitrogens with one attached hydrogen (secondary N) is 1. The van der Waals surface area contributed by atoms with E-state index in [9.17, 15) is 26.7 Å². The predicted octanol–water partition coefficient (Wildman–Crippen LogP) is 6.21. The summed E-state index contributed by atoms with van der Waals surface area (Å²) in [6.07, 6.45) is -2.34. The first-order valence-electron chi connectivity index (χ1n) is 11.7. The van der Waals surface area contributed by atoms with Crippen LogP contribution in [0.25, 0.3) is 21.3 Å². The molecular formula is C27H25F3N2O3S2. The van der Waals surface area contributed by atoms with E-state index in [1.54, 1.807) is 12.1 Å². The van der Waals surface area contributed by atoms with Crippen LogP contribution in [-0.2, 0) is 15.6 Å². The van der Waals surface area contributed by atoms with Crippen LogP contribution in [0, 0.1) is 6.92 Å². The molecule has 4 aromatic rings. The Morgan fingerprint density at radius 1 is 1.08 bits per heavy atom. The first kappa shape index (κ1) is 25.8. The normalized spacial score (nSPS) is 17.0. The predicted molar refractivity (Wildman–Crippen MR) is 139 cm³/mol. The fourth-order valence-corrected chi connectivity index (χ4v) is 7.15. The van der Waals surface area contributed by atoms with Crippen LogP contribution < -0.4 is 4.72 Å². The summed E-state index contributed by atoms with van der Waals surface area (Å²) < 4.78 is 69.9. The molecule has 2 aromatic heterocycles. The lowest BCUT2D eigenvalue weighted by Gasteiger charge is -2.26. The highest BCUT2D eigenvalue weighted by Crippen LogP contribution is 2.42. The van der Waals surface area contributed by atoms with Crippen LogP contribution in [0.2, 0.25) is 0 Å². The Morgan fingerprint density at radius 2 is 1.81 bits per heavy atom. The van der Waals surface area contributed by atoms with Gasteiger partial charge in [-0.15, -0.1) is 11.3 Å². The average Bonchev–Trinajstić information content (AvgIpc) is 3.62. The zero-order valence-corrected chi connectivity index (χ0v) is 21.7. The number of benzene rings is 2. The Morgan fingerprint density at radius 3 is 2.49 bits per heavy atom. The summed E-state index contributed by atoms with van der Waals surface area (Å²) in [6, 6.07) is 16.7. The number of pyridine rings is 1. The third-order valence-corrected chi connectivity index (χ3v) is 9.90. The van der Waals surface area contributed by atoms with Gasteiger partial charge < -0.3 is 5.11 Å². The highest BCUT2D eigenvalue weighted by molar-refractivity contribution is 7.90. The van der Waals surface area contributed by atoms with E-state index >= 15 is 0 Å². The Hall–Kier alpha value is -2.79. The number of sulfonamides is 1. The molecule has 10 heteroatoms. The van der Waals surface area contributed by atoms with Crippen molar-refractivity contribution in [3.8, 4) is 11.3 Å². The smallest absolute Gasteiger partial charge is 0.376 e. The van der Waals surface area contributed by atoms with Gasteiger partial charge in [0.2, 0.25) is 10.0 Å². The van der Waals surface area contributed by atoms with Gasteiger partial charge in [-0.25, -0.2) is 13.1 Å². The number of hydrogen-bond acceptors (Lipinski definition) is 5. The monoisotopic (exact) mass is 546 g/mol. The second-order valence-electron chi connectivity index (χ2n) is 9.52. The van der Waals surface area contributed by atoms with Gasteiger partial charge in [-0.2, -0.15) is 13.2 Å². The van der Waals surface area contributed by atoms with Gasteiger partial charge >= 0.3 is 6.18 Å². The molecule has 1 aliphatic carbocycles. The van der Waals surface area contributed by atoms with Crippen LogP contribution in [0.1, 0.15) is 47.4 Å². The van der Waals surface area contributed by atoms with Gasteiger partial charge in [-0.05, 0) is 67.0 Å². The molecule has 0 saturated heterocycles. The first-order valence-corrected chi connectivity index (χ1v) is 14.1. The lowest BCUT2D eigenvalue weighted by molar-refractivity contribution is -0.258. The molecule has 0 amide bonds. The number of fused-ring (bicyclic) bond motifs is 1. The third kappa shape index (κ3) is 4.90. The molecule has 37 heavy (non-hydrogen) atoms. The molecule has 1 aliphatic rings. The van der Waals surface area contributed by atoms with E-state index in [1.165, 1.54) is 23.6 Å². The summed E-state index contributed by atoms with van der Waals surface area (Å²) in [7, 11) is -3.53. The molecule has 0 radical (unpaired) electrons. The van der Waals surface area contributed by atoms with Gasteiger partial charge in [0.1, 0.15) is 0 Å². The molecule has 1 fully saturated rings. The number of aromatic nitrogens is 1. The Labute approximate surface area is 217 Å². The van der Waals surface area contributed by atoms with Crippen molar-refractivity contribution in [3.05, 3.63) is 88.4 Å². The number of thiophene rings is 1. The Kier molecular flexibility index (Phi) is 6.42. The minimum atomic E-state index is -4.85. The summed E-state index contributed by atoms with van der Waals surface area (Å²) in [6.45, 7) is 2.64. The third-order valence-electron chi connectivity index (χ3n) is 6.74. The summed E-state index contributed by atoms with van der Waals surface area (Å²) in [5.74, 6) is 0. The molecule has 5 rings (SSSR count). The number of nitrogens with zero attached hydrogens (tertiary/aromatic N) is 1. The number of halogens is 3. The van der Waals surface area contributed by atoms with E-state index in [4.69, 9.17) is 0 Å². The summed E-state index contributed by atoms with van der Waals surface area (Å²) in [4.78, 5) is 5.05. The molecule has 2 heterocycles. The minimum Gasteiger partial charge on any atom is -0.376 e. The van der Waals surface area contributed by atoms with E-state index in [2.05, 4.69) is 9.71 Å². The summed E-state index contributed by atoms with van der Waals surface area (Å²) in [5, 5.41) is 10.6. The van der Waals surface area contributed by atoms with Crippen molar-refractivity contribution < 1.29 is 26.7 Å². The number of aliphatic hydroxyl groups is 1. The molecule has 5 nitrogen and oxygen atoms in total. The van der Waals surface area contributed by atoms with Crippen molar-refractivity contribution in [2.24, 2.45) is 0 Å². The van der Waals surface area contributed by atoms with Crippen molar-refractivity contribution in [2.45, 2.75) is 49.8 Å². The van der Waals surface area contributed by atoms with Crippen LogP contribution in [-0.4, -0.2) is 29.9 Å². The summed E-state index contributed by atoms with van der Waals surface area (Å²) >= 11 is 1.37. The van der Waals surface area contributed by atoms with Crippen LogP contribution in [0.5, 0.6) is 0 Å². The second kappa shape index (κ2) is 9.20. The number of hydrogen-bond donors (Lipinski definition) is 2. The zero-order valence-electron chi connectivity index (χ0n) is 20.1. The number of alkyl halides is 3. The molecule has 0 bridgehead atoms. The Bertz CT molecular complexity index is 1580. The molecule has 194 valence electrons. The van der Waals surface area contributed by atoms with E-state index in [0.29, 0.717) is 25.3 Å². The minimum absolute atomic E-state index is 0.284. The number of aryl methyl sites for hydroxylation is 1. The van der Waals surface area contributed by atoms with Crippen LogP contribution >= 0.6 is 11.3 Å². The van der Waals surface area contributed by atoms with Gasteiger partial charge in [0, 0.05) is 21.3 Å². The van der Waals surface area contributed by atoms with Crippen molar-refractivity contribution in [1.29, 1.82) is 0 Å². The molecular weight excluding hydrogens is 521 g/mol. The van der Waals surface area contributed by atoms with Crippen molar-refractivity contribution in [1.82, 2.24) is 9.71 Å². The first-order chi connectivity index (χ1) is 17.4. The van der Waals surface area contributed by atoms with Crippen molar-refractivity contribution in [2.75, 3.05) is 0 Å². The maximum Gasteiger partial charge on any atom is 0.421 e. The molecule has 0 spiro atoms. The van der Waals surface area contributed by atoms with E-state index in [1.807, 2.05) is 43.3 Å². The summed E-state index contributed by atoms with van der Waals surface area (Å²) in [5.41, 5.74) is -0.687. The average molecular weight is 547 g/mol. The standard InChI is InChI=1S/C27H25F3N2O3S2/c1-16-6-3-4-8-20(16)24(32-37(34,35)19-10-11-19)23-14-17-7-5-9-21(25(17)36-23)22-15-18(12-13-31-22)26(2,33)27(28,29)30/h3-9,12-15,19,24,32-33H,10-11H2,1-2H3/t24?,26-/m1/s1. The van der Waals surface area contributed by atoms with Gasteiger partial charge in [0.25, 0.3) is 0 Å². The van der Waals surface area contributed by atoms with Gasteiger partial charge in [-0.3, -0.25) is 4.98 Å². The van der Waals surface area contributed by atoms with Crippen LogP contribution in [0.3, 0.4) is 0 Å². The highest BCUT2D eigenvalue weighted by atomic mass is 32.2. The molecule has 2 aromatic carbocycles. The Balaban J connectivity index is 1.62. The topological polar surface area (TPSA) is 79.3 Å². The van der Waals surface area contributed by atoms with E-state index < -0.39 is 33.1 Å². The maximum atomic E-state index is 13.5. The molecule has 0 aliphatic heterocycles. The molecule has 2 N–H and O–H groups in total. The van der Waals surface area contributed by atoms with Crippen molar-refractivity contribution in [3.63, 3.8) is 0 Å².